The molecule has 20 heavy (non-hydrogen) atoms. The van der Waals surface area contributed by atoms with E-state index in [1.165, 1.54) is 6.07 Å². The summed E-state index contributed by atoms with van der Waals surface area (Å²) >= 11 is 3.22. The number of carbonyl (C=O) groups excluding carboxylic acids is 1. The van der Waals surface area contributed by atoms with Crippen LogP contribution < -0.4 is 0 Å². The molecule has 1 amide bonds. The molecule has 1 aliphatic heterocycles. The van der Waals surface area contributed by atoms with Gasteiger partial charge in [-0.25, -0.2) is 0 Å². The van der Waals surface area contributed by atoms with Gasteiger partial charge in [0.15, 0.2) is 0 Å². The summed E-state index contributed by atoms with van der Waals surface area (Å²) in [6, 6.07) is 4.92. The van der Waals surface area contributed by atoms with Crippen LogP contribution in [0.15, 0.2) is 22.7 Å². The molecular weight excluding hydrogens is 322 g/mol. The molecule has 1 atom stereocenters. The molecule has 0 aliphatic carbocycles. The molecule has 1 fully saturated rings. The quantitative estimate of drug-likeness (QED) is 0.914. The highest BCUT2D eigenvalue weighted by Gasteiger charge is 2.25. The van der Waals surface area contributed by atoms with E-state index in [0.29, 0.717) is 16.6 Å². The fourth-order valence-corrected chi connectivity index (χ4v) is 2.62. The molecule has 1 heterocycles. The molecule has 0 saturated carbocycles. The third-order valence-electron chi connectivity index (χ3n) is 3.42. The van der Waals surface area contributed by atoms with E-state index in [1.807, 2.05) is 4.90 Å². The van der Waals surface area contributed by atoms with Gasteiger partial charge in [0.1, 0.15) is 5.75 Å². The lowest BCUT2D eigenvalue weighted by atomic mass is 10.1. The summed E-state index contributed by atoms with van der Waals surface area (Å²) in [6.07, 6.45) is 3.10. The van der Waals surface area contributed by atoms with Gasteiger partial charge in [0.25, 0.3) is 5.91 Å². The maximum atomic E-state index is 12.4. The van der Waals surface area contributed by atoms with Crippen LogP contribution in [0.4, 0.5) is 0 Å². The van der Waals surface area contributed by atoms with Gasteiger partial charge < -0.3 is 14.7 Å². The van der Waals surface area contributed by atoms with Gasteiger partial charge in [-0.3, -0.25) is 4.79 Å². The number of nitrogens with zero attached hydrogens (tertiary/aromatic N) is 1. The minimum Gasteiger partial charge on any atom is -0.507 e. The predicted octanol–water partition coefficient (Wildman–Crippen LogP) is 3.19. The molecule has 110 valence electrons. The molecular formula is C15H20BrNO3. The SMILES string of the molecule is CCCOC1CCCN(C(=O)c2ccc(Br)c(O)c2)C1. The number of phenolic OH excluding ortho intramolecular Hbond substituents is 1. The lowest BCUT2D eigenvalue weighted by Crippen LogP contribution is -2.43. The molecule has 4 nitrogen and oxygen atoms in total. The van der Waals surface area contributed by atoms with Crippen LogP contribution >= 0.6 is 15.9 Å². The van der Waals surface area contributed by atoms with Gasteiger partial charge in [-0.2, -0.15) is 0 Å². The zero-order valence-corrected chi connectivity index (χ0v) is 13.2. The third kappa shape index (κ3) is 3.73. The summed E-state index contributed by atoms with van der Waals surface area (Å²) in [6.45, 7) is 4.21. The van der Waals surface area contributed by atoms with E-state index in [0.717, 1.165) is 32.4 Å². The lowest BCUT2D eigenvalue weighted by Gasteiger charge is -2.32. The summed E-state index contributed by atoms with van der Waals surface area (Å²) < 4.78 is 6.33. The van der Waals surface area contributed by atoms with Crippen LogP contribution in [-0.2, 0) is 4.74 Å². The molecule has 1 aromatic carbocycles. The van der Waals surface area contributed by atoms with Crippen molar-refractivity contribution in [3.8, 4) is 5.75 Å². The van der Waals surface area contributed by atoms with Gasteiger partial charge in [0, 0.05) is 25.3 Å². The Balaban J connectivity index is 2.02. The second-order valence-electron chi connectivity index (χ2n) is 5.05. The first-order valence-electron chi connectivity index (χ1n) is 7.01. The topological polar surface area (TPSA) is 49.8 Å². The normalized spacial score (nSPS) is 19.1. The highest BCUT2D eigenvalue weighted by molar-refractivity contribution is 9.10. The third-order valence-corrected chi connectivity index (χ3v) is 4.09. The first kappa shape index (κ1) is 15.3. The first-order chi connectivity index (χ1) is 9.61. The fourth-order valence-electron chi connectivity index (χ4n) is 2.37. The minimum atomic E-state index is -0.0439. The average Bonchev–Trinajstić information content (AvgIpc) is 2.47. The summed E-state index contributed by atoms with van der Waals surface area (Å²) in [5, 5.41) is 9.67. The monoisotopic (exact) mass is 341 g/mol. The zero-order chi connectivity index (χ0) is 14.5. The van der Waals surface area contributed by atoms with Crippen LogP contribution in [0.25, 0.3) is 0 Å². The van der Waals surface area contributed by atoms with Crippen molar-refractivity contribution in [1.82, 2.24) is 4.90 Å². The van der Waals surface area contributed by atoms with Crippen molar-refractivity contribution in [1.29, 1.82) is 0 Å². The van der Waals surface area contributed by atoms with E-state index in [9.17, 15) is 9.90 Å². The van der Waals surface area contributed by atoms with Gasteiger partial charge in [-0.15, -0.1) is 0 Å². The molecule has 5 heteroatoms. The molecule has 1 saturated heterocycles. The van der Waals surface area contributed by atoms with E-state index in [4.69, 9.17) is 4.74 Å². The molecule has 1 unspecified atom stereocenters. The summed E-state index contributed by atoms with van der Waals surface area (Å²) in [4.78, 5) is 14.2. The Morgan fingerprint density at radius 2 is 2.35 bits per heavy atom. The highest BCUT2D eigenvalue weighted by atomic mass is 79.9. The number of hydrogen-bond acceptors (Lipinski definition) is 3. The van der Waals surface area contributed by atoms with Gasteiger partial charge in [-0.1, -0.05) is 6.92 Å². The number of amides is 1. The number of aromatic hydroxyl groups is 1. The van der Waals surface area contributed by atoms with Crippen LogP contribution in [0.3, 0.4) is 0 Å². The Morgan fingerprint density at radius 1 is 1.55 bits per heavy atom. The number of hydrogen-bond donors (Lipinski definition) is 1. The molecule has 0 aromatic heterocycles. The number of phenols is 1. The van der Waals surface area contributed by atoms with E-state index in [2.05, 4.69) is 22.9 Å². The number of ether oxygens (including phenoxy) is 1. The fraction of sp³-hybridized carbons (Fsp3) is 0.533. The van der Waals surface area contributed by atoms with Crippen LogP contribution in [0, 0.1) is 0 Å². The van der Waals surface area contributed by atoms with Crippen molar-refractivity contribution >= 4 is 21.8 Å². The van der Waals surface area contributed by atoms with Crippen LogP contribution in [0.5, 0.6) is 5.75 Å². The van der Waals surface area contributed by atoms with Crippen LogP contribution in [-0.4, -0.2) is 41.7 Å². The Morgan fingerprint density at radius 3 is 3.05 bits per heavy atom. The standard InChI is InChI=1S/C15H20BrNO3/c1-2-8-20-12-4-3-7-17(10-12)15(19)11-5-6-13(16)14(18)9-11/h5-6,9,12,18H,2-4,7-8,10H2,1H3. The van der Waals surface area contributed by atoms with Crippen LogP contribution in [0.1, 0.15) is 36.5 Å². The second kappa shape index (κ2) is 7.09. The molecule has 0 bridgehead atoms. The summed E-state index contributed by atoms with van der Waals surface area (Å²) in [5.74, 6) is 0.0456. The molecule has 0 radical (unpaired) electrons. The smallest absolute Gasteiger partial charge is 0.254 e. The number of benzene rings is 1. The summed E-state index contributed by atoms with van der Waals surface area (Å²) in [5.41, 5.74) is 0.516. The Bertz CT molecular complexity index is 478. The van der Waals surface area contributed by atoms with Crippen molar-refractivity contribution in [2.45, 2.75) is 32.3 Å². The minimum absolute atomic E-state index is 0.0439. The van der Waals surface area contributed by atoms with Gasteiger partial charge in [0.05, 0.1) is 10.6 Å². The molecule has 1 N–H and O–H groups in total. The van der Waals surface area contributed by atoms with Gasteiger partial charge in [-0.05, 0) is 53.4 Å². The average molecular weight is 342 g/mol. The van der Waals surface area contributed by atoms with Crippen molar-refractivity contribution < 1.29 is 14.6 Å². The molecule has 2 rings (SSSR count). The van der Waals surface area contributed by atoms with Gasteiger partial charge >= 0.3 is 0 Å². The Labute approximate surface area is 127 Å². The Hall–Kier alpha value is -1.07. The molecule has 1 aliphatic rings. The van der Waals surface area contributed by atoms with Gasteiger partial charge in [0.2, 0.25) is 0 Å². The zero-order valence-electron chi connectivity index (χ0n) is 11.6. The number of likely N-dealkylation sites (tertiary alicyclic amines) is 1. The van der Waals surface area contributed by atoms with Crippen molar-refractivity contribution in [2.24, 2.45) is 0 Å². The Kier molecular flexibility index (Phi) is 5.43. The number of carbonyl (C=O) groups is 1. The first-order valence-corrected chi connectivity index (χ1v) is 7.80. The highest BCUT2D eigenvalue weighted by Crippen LogP contribution is 2.25. The van der Waals surface area contributed by atoms with Crippen molar-refractivity contribution in [3.05, 3.63) is 28.2 Å². The lowest BCUT2D eigenvalue weighted by molar-refractivity contribution is 0.00210. The van der Waals surface area contributed by atoms with E-state index in [1.54, 1.807) is 12.1 Å². The van der Waals surface area contributed by atoms with E-state index >= 15 is 0 Å². The number of rotatable bonds is 4. The molecule has 1 aromatic rings. The van der Waals surface area contributed by atoms with Crippen molar-refractivity contribution in [2.75, 3.05) is 19.7 Å². The maximum absolute atomic E-state index is 12.4. The van der Waals surface area contributed by atoms with Crippen LogP contribution in [0.2, 0.25) is 0 Å². The second-order valence-corrected chi connectivity index (χ2v) is 5.91. The number of piperidine rings is 1. The number of halogens is 1. The maximum Gasteiger partial charge on any atom is 0.254 e. The van der Waals surface area contributed by atoms with Crippen molar-refractivity contribution in [3.63, 3.8) is 0 Å². The van der Waals surface area contributed by atoms with E-state index in [-0.39, 0.29) is 17.8 Å². The summed E-state index contributed by atoms with van der Waals surface area (Å²) in [7, 11) is 0. The molecule has 0 spiro atoms. The van der Waals surface area contributed by atoms with E-state index < -0.39 is 0 Å². The predicted molar refractivity (Wildman–Crippen MR) is 81.0 cm³/mol. The largest absolute Gasteiger partial charge is 0.507 e.